The Morgan fingerprint density at radius 3 is 2.50 bits per heavy atom. The van der Waals surface area contributed by atoms with Crippen molar-refractivity contribution in [1.29, 1.82) is 0 Å². The van der Waals surface area contributed by atoms with Gasteiger partial charge in [0.1, 0.15) is 0 Å². The van der Waals surface area contributed by atoms with Gasteiger partial charge in [-0.05, 0) is 81.6 Å². The van der Waals surface area contributed by atoms with Crippen molar-refractivity contribution in [2.75, 3.05) is 50.7 Å². The van der Waals surface area contributed by atoms with Crippen LogP contribution in [0.1, 0.15) is 43.5 Å². The van der Waals surface area contributed by atoms with Gasteiger partial charge >= 0.3 is 0 Å². The van der Waals surface area contributed by atoms with Gasteiger partial charge in [0.25, 0.3) is 0 Å². The van der Waals surface area contributed by atoms with E-state index >= 15 is 0 Å². The Balaban J connectivity index is 1.20. The molecule has 4 aliphatic rings. The molecular formula is C26H36N6. The highest BCUT2D eigenvalue weighted by molar-refractivity contribution is 5.37. The number of fused-ring (bicyclic) bond motifs is 1. The fourth-order valence-corrected chi connectivity index (χ4v) is 6.77. The zero-order valence-electron chi connectivity index (χ0n) is 19.4. The Labute approximate surface area is 192 Å². The van der Waals surface area contributed by atoms with Crippen molar-refractivity contribution in [2.24, 2.45) is 16.7 Å². The van der Waals surface area contributed by atoms with Crippen LogP contribution in [0.4, 0.5) is 5.95 Å². The van der Waals surface area contributed by atoms with Crippen LogP contribution in [0.2, 0.25) is 0 Å². The van der Waals surface area contributed by atoms with Crippen LogP contribution in [0.15, 0.2) is 36.7 Å². The van der Waals surface area contributed by atoms with E-state index in [1.165, 1.54) is 70.5 Å². The molecule has 170 valence electrons. The van der Waals surface area contributed by atoms with Gasteiger partial charge < -0.3 is 9.80 Å². The monoisotopic (exact) mass is 432 g/mol. The van der Waals surface area contributed by atoms with Gasteiger partial charge in [0.2, 0.25) is 5.95 Å². The van der Waals surface area contributed by atoms with Crippen molar-refractivity contribution in [3.63, 3.8) is 0 Å². The molecule has 0 aromatic carbocycles. The maximum Gasteiger partial charge on any atom is 0.225 e. The van der Waals surface area contributed by atoms with Crippen LogP contribution in [-0.4, -0.2) is 70.6 Å². The summed E-state index contributed by atoms with van der Waals surface area (Å²) in [6.45, 7) is 11.5. The van der Waals surface area contributed by atoms with Crippen LogP contribution in [-0.2, 0) is 6.54 Å². The van der Waals surface area contributed by atoms with Crippen LogP contribution in [0, 0.1) is 23.7 Å². The molecule has 0 bridgehead atoms. The number of hydrogen-bond acceptors (Lipinski definition) is 6. The zero-order chi connectivity index (χ0) is 21.6. The molecule has 2 aromatic heterocycles. The summed E-state index contributed by atoms with van der Waals surface area (Å²) in [5, 5.41) is 0. The molecule has 5 heterocycles. The van der Waals surface area contributed by atoms with Gasteiger partial charge in [-0.25, -0.2) is 9.97 Å². The third-order valence-corrected chi connectivity index (χ3v) is 8.58. The first-order valence-corrected chi connectivity index (χ1v) is 12.5. The van der Waals surface area contributed by atoms with Crippen LogP contribution >= 0.6 is 0 Å². The van der Waals surface area contributed by atoms with Crippen LogP contribution in [0.3, 0.4) is 0 Å². The van der Waals surface area contributed by atoms with Crippen molar-refractivity contribution in [1.82, 2.24) is 24.8 Å². The lowest BCUT2D eigenvalue weighted by Crippen LogP contribution is -2.64. The highest BCUT2D eigenvalue weighted by Crippen LogP contribution is 2.58. The summed E-state index contributed by atoms with van der Waals surface area (Å²) in [7, 11) is 0. The van der Waals surface area contributed by atoms with Crippen LogP contribution in [0.25, 0.3) is 0 Å². The summed E-state index contributed by atoms with van der Waals surface area (Å²) in [4.78, 5) is 21.9. The van der Waals surface area contributed by atoms with E-state index in [0.717, 1.165) is 37.2 Å². The highest BCUT2D eigenvalue weighted by Gasteiger charge is 2.63. The Morgan fingerprint density at radius 1 is 0.906 bits per heavy atom. The molecule has 1 saturated carbocycles. The first-order valence-electron chi connectivity index (χ1n) is 12.5. The minimum absolute atomic E-state index is 0.376. The summed E-state index contributed by atoms with van der Waals surface area (Å²) in [5.74, 6) is 1.90. The minimum atomic E-state index is 0.376. The van der Waals surface area contributed by atoms with Gasteiger partial charge in [-0.15, -0.1) is 0 Å². The van der Waals surface area contributed by atoms with Crippen LogP contribution in [0.5, 0.6) is 0 Å². The van der Waals surface area contributed by atoms with Crippen molar-refractivity contribution in [2.45, 2.75) is 45.6 Å². The topological polar surface area (TPSA) is 48.4 Å². The molecular weight excluding hydrogens is 396 g/mol. The number of hydrogen-bond donors (Lipinski definition) is 0. The highest BCUT2D eigenvalue weighted by atomic mass is 15.3. The first kappa shape index (κ1) is 20.5. The summed E-state index contributed by atoms with van der Waals surface area (Å²) >= 11 is 0. The summed E-state index contributed by atoms with van der Waals surface area (Å²) in [6, 6.07) is 8.34. The Kier molecular flexibility index (Phi) is 5.18. The van der Waals surface area contributed by atoms with E-state index in [-0.39, 0.29) is 0 Å². The van der Waals surface area contributed by atoms with Gasteiger partial charge in [-0.3, -0.25) is 9.88 Å². The molecule has 1 atom stereocenters. The number of likely N-dealkylation sites (tertiary alicyclic amines) is 2. The van der Waals surface area contributed by atoms with E-state index in [9.17, 15) is 0 Å². The standard InChI is InChI=1S/C26H36N6/c1-21-5-2-6-23(29-21)16-30-13-3-9-25(10-14-30)19-32(24-27-11-4-12-28-24)20-26(25)17-31(18-26)15-22-7-8-22/h2,4-6,11-12,22H,3,7-10,13-20H2,1H3/t25-/m0/s1. The number of nitrogens with zero attached hydrogens (tertiary/aromatic N) is 6. The molecule has 0 unspecified atom stereocenters. The van der Waals surface area contributed by atoms with Crippen molar-refractivity contribution in [3.8, 4) is 0 Å². The van der Waals surface area contributed by atoms with Crippen molar-refractivity contribution < 1.29 is 0 Å². The second kappa shape index (κ2) is 8.07. The molecule has 0 amide bonds. The molecule has 32 heavy (non-hydrogen) atoms. The number of pyridine rings is 1. The smallest absolute Gasteiger partial charge is 0.225 e. The lowest BCUT2D eigenvalue weighted by atomic mass is 9.58. The summed E-state index contributed by atoms with van der Waals surface area (Å²) < 4.78 is 0. The molecule has 6 nitrogen and oxygen atoms in total. The van der Waals surface area contributed by atoms with Crippen molar-refractivity contribution in [3.05, 3.63) is 48.0 Å². The third-order valence-electron chi connectivity index (χ3n) is 8.58. The normalized spacial score (nSPS) is 28.2. The fourth-order valence-electron chi connectivity index (χ4n) is 6.77. The molecule has 1 aliphatic carbocycles. The van der Waals surface area contributed by atoms with E-state index in [1.807, 2.05) is 18.5 Å². The first-order chi connectivity index (χ1) is 15.6. The summed E-state index contributed by atoms with van der Waals surface area (Å²) in [6.07, 6.45) is 10.6. The molecule has 6 rings (SSSR count). The molecule has 2 spiro atoms. The van der Waals surface area contributed by atoms with Crippen molar-refractivity contribution >= 4 is 5.95 Å². The Morgan fingerprint density at radius 2 is 1.72 bits per heavy atom. The van der Waals surface area contributed by atoms with Gasteiger partial charge in [0, 0.05) is 62.8 Å². The minimum Gasteiger partial charge on any atom is -0.340 e. The molecule has 0 N–H and O–H groups in total. The van der Waals surface area contributed by atoms with Crippen LogP contribution < -0.4 is 4.90 Å². The second-order valence-corrected chi connectivity index (χ2v) is 11.0. The number of rotatable bonds is 5. The zero-order valence-corrected chi connectivity index (χ0v) is 19.4. The van der Waals surface area contributed by atoms with E-state index in [4.69, 9.17) is 4.98 Å². The molecule has 6 heteroatoms. The molecule has 3 saturated heterocycles. The van der Waals surface area contributed by atoms with E-state index in [1.54, 1.807) is 0 Å². The Bertz CT molecular complexity index is 938. The van der Waals surface area contributed by atoms with Gasteiger partial charge in [-0.1, -0.05) is 6.07 Å². The maximum absolute atomic E-state index is 4.76. The quantitative estimate of drug-likeness (QED) is 0.722. The van der Waals surface area contributed by atoms with Gasteiger partial charge in [0.15, 0.2) is 0 Å². The lowest BCUT2D eigenvalue weighted by molar-refractivity contribution is -0.0778. The number of anilines is 1. The SMILES string of the molecule is Cc1cccc(CN2CCC[C@]3(CC2)CN(c2ncccn2)CC32CN(CC3CC3)C2)n1. The van der Waals surface area contributed by atoms with Gasteiger partial charge in [-0.2, -0.15) is 0 Å². The second-order valence-electron chi connectivity index (χ2n) is 11.0. The van der Waals surface area contributed by atoms with Gasteiger partial charge in [0.05, 0.1) is 5.69 Å². The predicted octanol–water partition coefficient (Wildman–Crippen LogP) is 3.38. The van der Waals surface area contributed by atoms with E-state index in [0.29, 0.717) is 10.8 Å². The lowest BCUT2D eigenvalue weighted by Gasteiger charge is -2.57. The third kappa shape index (κ3) is 3.81. The predicted molar refractivity (Wildman–Crippen MR) is 126 cm³/mol. The average Bonchev–Trinajstić information content (AvgIpc) is 3.55. The number of aromatic nitrogens is 3. The largest absolute Gasteiger partial charge is 0.340 e. The molecule has 0 radical (unpaired) electrons. The van der Waals surface area contributed by atoms with E-state index in [2.05, 4.69) is 49.8 Å². The molecule has 3 aliphatic heterocycles. The molecule has 4 fully saturated rings. The Hall–Kier alpha value is -2.05. The number of aryl methyl sites for hydroxylation is 1. The maximum atomic E-state index is 4.76. The fraction of sp³-hybridized carbons (Fsp3) is 0.654. The van der Waals surface area contributed by atoms with E-state index < -0.39 is 0 Å². The molecule has 2 aromatic rings. The average molecular weight is 433 g/mol. The summed E-state index contributed by atoms with van der Waals surface area (Å²) in [5.41, 5.74) is 3.10.